The number of benzene rings is 1. The number of hydrogen-bond acceptors (Lipinski definition) is 3. The molecule has 1 N–H and O–H groups in total. The van der Waals surface area contributed by atoms with Crippen molar-refractivity contribution in [2.75, 3.05) is 0 Å². The van der Waals surface area contributed by atoms with Gasteiger partial charge in [0, 0.05) is 12.3 Å². The first-order valence-corrected chi connectivity index (χ1v) is 7.62. The van der Waals surface area contributed by atoms with Crippen LogP contribution in [-0.4, -0.2) is 17.7 Å². The summed E-state index contributed by atoms with van der Waals surface area (Å²) in [7, 11) is 0. The van der Waals surface area contributed by atoms with Crippen LogP contribution < -0.4 is 5.32 Å². The van der Waals surface area contributed by atoms with Crippen LogP contribution >= 0.6 is 0 Å². The number of nitrogens with one attached hydrogen (secondary N) is 1. The number of fused-ring (bicyclic) bond motifs is 1. The number of rotatable bonds is 3. The molecule has 1 heterocycles. The molecule has 116 valence electrons. The van der Waals surface area contributed by atoms with E-state index in [9.17, 15) is 13.6 Å². The Morgan fingerprint density at radius 2 is 2.00 bits per heavy atom. The van der Waals surface area contributed by atoms with Crippen LogP contribution in [0.15, 0.2) is 17.3 Å². The van der Waals surface area contributed by atoms with E-state index in [4.69, 9.17) is 4.84 Å². The minimum Gasteiger partial charge on any atom is -0.382 e. The van der Waals surface area contributed by atoms with Crippen LogP contribution in [0.3, 0.4) is 0 Å². The van der Waals surface area contributed by atoms with Gasteiger partial charge in [-0.2, -0.15) is 0 Å². The zero-order valence-corrected chi connectivity index (χ0v) is 11.9. The summed E-state index contributed by atoms with van der Waals surface area (Å²) in [5, 5.41) is 6.87. The summed E-state index contributed by atoms with van der Waals surface area (Å²) in [4.78, 5) is 17.5. The van der Waals surface area contributed by atoms with E-state index in [1.165, 1.54) is 12.1 Å². The first kappa shape index (κ1) is 13.7. The Bertz CT molecular complexity index is 670. The lowest BCUT2D eigenvalue weighted by Gasteiger charge is -2.16. The molecule has 0 bridgehead atoms. The molecule has 2 atom stereocenters. The maximum Gasteiger partial charge on any atom is 0.264 e. The molecule has 0 spiro atoms. The molecular weight excluding hydrogens is 290 g/mol. The average molecular weight is 306 g/mol. The maximum atomic E-state index is 13.4. The number of carbonyl (C=O) groups is 1. The third kappa shape index (κ3) is 2.36. The van der Waals surface area contributed by atoms with Gasteiger partial charge in [-0.25, -0.2) is 8.78 Å². The lowest BCUT2D eigenvalue weighted by molar-refractivity contribution is -0.131. The predicted molar refractivity (Wildman–Crippen MR) is 75.2 cm³/mol. The Kier molecular flexibility index (Phi) is 3.13. The highest BCUT2D eigenvalue weighted by Crippen LogP contribution is 2.36. The van der Waals surface area contributed by atoms with E-state index in [-0.39, 0.29) is 11.9 Å². The van der Waals surface area contributed by atoms with Crippen molar-refractivity contribution in [3.63, 3.8) is 0 Å². The van der Waals surface area contributed by atoms with Gasteiger partial charge in [-0.05, 0) is 48.9 Å². The molecule has 0 radical (unpaired) electrons. The average Bonchev–Trinajstić information content (AvgIpc) is 3.11. The van der Waals surface area contributed by atoms with Crippen molar-refractivity contribution in [2.45, 2.75) is 44.2 Å². The van der Waals surface area contributed by atoms with E-state index < -0.39 is 17.7 Å². The molecule has 0 saturated heterocycles. The van der Waals surface area contributed by atoms with Crippen molar-refractivity contribution in [3.8, 4) is 0 Å². The van der Waals surface area contributed by atoms with E-state index in [0.717, 1.165) is 24.1 Å². The summed E-state index contributed by atoms with van der Waals surface area (Å²) < 4.78 is 26.6. The van der Waals surface area contributed by atoms with Gasteiger partial charge in [-0.1, -0.05) is 5.16 Å². The quantitative estimate of drug-likeness (QED) is 0.933. The molecule has 1 aromatic carbocycles. The summed E-state index contributed by atoms with van der Waals surface area (Å²) in [5.74, 6) is -1.47. The fourth-order valence-corrected chi connectivity index (χ4v) is 3.21. The monoisotopic (exact) mass is 306 g/mol. The Balaban J connectivity index is 1.43. The van der Waals surface area contributed by atoms with E-state index >= 15 is 0 Å². The topological polar surface area (TPSA) is 50.7 Å². The SMILES string of the molecule is O=C(NC1CCc2cc(F)c(F)cc21)C1CC(C2CC2)=NO1. The highest BCUT2D eigenvalue weighted by Gasteiger charge is 2.38. The van der Waals surface area contributed by atoms with E-state index in [1.807, 2.05) is 0 Å². The van der Waals surface area contributed by atoms with Crippen molar-refractivity contribution in [2.24, 2.45) is 11.1 Å². The van der Waals surface area contributed by atoms with Gasteiger partial charge in [0.25, 0.3) is 5.91 Å². The van der Waals surface area contributed by atoms with Gasteiger partial charge in [-0.15, -0.1) is 0 Å². The number of halogens is 2. The molecule has 1 amide bonds. The van der Waals surface area contributed by atoms with Crippen molar-refractivity contribution < 1.29 is 18.4 Å². The van der Waals surface area contributed by atoms with Crippen molar-refractivity contribution in [1.82, 2.24) is 5.32 Å². The Hall–Kier alpha value is -1.98. The van der Waals surface area contributed by atoms with Gasteiger partial charge in [0.15, 0.2) is 11.6 Å². The first-order valence-electron chi connectivity index (χ1n) is 7.62. The zero-order valence-electron chi connectivity index (χ0n) is 11.9. The highest BCUT2D eigenvalue weighted by molar-refractivity contribution is 5.95. The van der Waals surface area contributed by atoms with Gasteiger partial charge >= 0.3 is 0 Å². The second-order valence-electron chi connectivity index (χ2n) is 6.22. The number of aryl methyl sites for hydroxylation is 1. The molecule has 6 heteroatoms. The van der Waals surface area contributed by atoms with E-state index in [2.05, 4.69) is 10.5 Å². The van der Waals surface area contributed by atoms with Crippen LogP contribution in [0.1, 0.15) is 42.9 Å². The summed E-state index contributed by atoms with van der Waals surface area (Å²) in [6.07, 6.45) is 3.47. The van der Waals surface area contributed by atoms with Crippen molar-refractivity contribution in [3.05, 3.63) is 34.9 Å². The van der Waals surface area contributed by atoms with Crippen molar-refractivity contribution in [1.29, 1.82) is 0 Å². The number of amides is 1. The molecule has 4 rings (SSSR count). The smallest absolute Gasteiger partial charge is 0.264 e. The molecule has 4 nitrogen and oxygen atoms in total. The Morgan fingerprint density at radius 1 is 1.23 bits per heavy atom. The third-order valence-electron chi connectivity index (χ3n) is 4.61. The molecule has 1 saturated carbocycles. The number of hydrogen-bond donors (Lipinski definition) is 1. The van der Waals surface area contributed by atoms with Crippen molar-refractivity contribution >= 4 is 11.6 Å². The van der Waals surface area contributed by atoms with Crippen LogP contribution in [-0.2, 0) is 16.1 Å². The molecule has 2 unspecified atom stereocenters. The molecule has 22 heavy (non-hydrogen) atoms. The normalized spacial score (nSPS) is 26.4. The van der Waals surface area contributed by atoms with Gasteiger partial charge in [0.2, 0.25) is 6.10 Å². The first-order chi connectivity index (χ1) is 10.6. The summed E-state index contributed by atoms with van der Waals surface area (Å²) in [6, 6.07) is 2.12. The van der Waals surface area contributed by atoms with Crippen LogP contribution in [0.25, 0.3) is 0 Å². The van der Waals surface area contributed by atoms with Crippen LogP contribution in [0.2, 0.25) is 0 Å². The molecule has 0 aromatic heterocycles. The standard InChI is InChI=1S/C16H16F2N2O2/c17-11-5-9-3-4-13(10(9)6-12(11)18)19-16(21)15-7-14(20-22-15)8-1-2-8/h5-6,8,13,15H,1-4,7H2,(H,19,21). The summed E-state index contributed by atoms with van der Waals surface area (Å²) in [6.45, 7) is 0. The summed E-state index contributed by atoms with van der Waals surface area (Å²) in [5.41, 5.74) is 2.39. The minimum atomic E-state index is -0.878. The Labute approximate surface area is 126 Å². The second kappa shape index (κ2) is 5.04. The molecule has 3 aliphatic rings. The summed E-state index contributed by atoms with van der Waals surface area (Å²) >= 11 is 0. The molecule has 1 aliphatic heterocycles. The van der Waals surface area contributed by atoms with Crippen LogP contribution in [0, 0.1) is 17.6 Å². The van der Waals surface area contributed by atoms with Gasteiger partial charge in [-0.3, -0.25) is 4.79 Å². The third-order valence-corrected chi connectivity index (χ3v) is 4.61. The fraction of sp³-hybridized carbons (Fsp3) is 0.500. The zero-order chi connectivity index (χ0) is 15.3. The molecular formula is C16H16F2N2O2. The van der Waals surface area contributed by atoms with Gasteiger partial charge < -0.3 is 10.2 Å². The molecule has 2 aliphatic carbocycles. The predicted octanol–water partition coefficient (Wildman–Crippen LogP) is 2.62. The largest absolute Gasteiger partial charge is 0.382 e. The number of oxime groups is 1. The minimum absolute atomic E-state index is 0.234. The lowest BCUT2D eigenvalue weighted by atomic mass is 10.1. The maximum absolute atomic E-state index is 13.4. The number of carbonyl (C=O) groups excluding carboxylic acids is 1. The highest BCUT2D eigenvalue weighted by atomic mass is 19.2. The number of nitrogens with zero attached hydrogens (tertiary/aromatic N) is 1. The molecule has 1 fully saturated rings. The lowest BCUT2D eigenvalue weighted by Crippen LogP contribution is -2.36. The second-order valence-corrected chi connectivity index (χ2v) is 6.22. The molecule has 1 aromatic rings. The Morgan fingerprint density at radius 3 is 2.77 bits per heavy atom. The fourth-order valence-electron chi connectivity index (χ4n) is 3.21. The van der Waals surface area contributed by atoms with E-state index in [1.54, 1.807) is 0 Å². The van der Waals surface area contributed by atoms with Gasteiger partial charge in [0.05, 0.1) is 11.8 Å². The van der Waals surface area contributed by atoms with E-state index in [0.29, 0.717) is 30.7 Å². The van der Waals surface area contributed by atoms with Crippen LogP contribution in [0.5, 0.6) is 0 Å². The van der Waals surface area contributed by atoms with Gasteiger partial charge in [0.1, 0.15) is 0 Å². The van der Waals surface area contributed by atoms with Crippen LogP contribution in [0.4, 0.5) is 8.78 Å².